The van der Waals surface area contributed by atoms with Crippen LogP contribution in [0.25, 0.3) is 0 Å². The van der Waals surface area contributed by atoms with Gasteiger partial charge in [0.05, 0.1) is 0 Å². The molecule has 0 aromatic carbocycles. The minimum Gasteiger partial charge on any atom is -0.444 e. The highest BCUT2D eigenvalue weighted by atomic mass is 16.6. The third-order valence-electron chi connectivity index (χ3n) is 5.39. The van der Waals surface area contributed by atoms with Gasteiger partial charge >= 0.3 is 6.09 Å². The second-order valence-electron chi connectivity index (χ2n) is 9.30. The zero-order valence-corrected chi connectivity index (χ0v) is 16.3. The van der Waals surface area contributed by atoms with Gasteiger partial charge in [-0.25, -0.2) is 4.79 Å². The number of nitrogens with one attached hydrogen (secondary N) is 1. The predicted molar refractivity (Wildman–Crippen MR) is 99.2 cm³/mol. The Morgan fingerprint density at radius 3 is 2.46 bits per heavy atom. The van der Waals surface area contributed by atoms with Crippen LogP contribution in [0.4, 0.5) is 4.79 Å². The van der Waals surface area contributed by atoms with E-state index in [1.54, 1.807) is 0 Å². The molecule has 2 fully saturated rings. The molecule has 1 N–H and O–H groups in total. The zero-order valence-electron chi connectivity index (χ0n) is 16.3. The number of likely N-dealkylation sites (tertiary alicyclic amines) is 1. The first-order chi connectivity index (χ1) is 11.3. The summed E-state index contributed by atoms with van der Waals surface area (Å²) in [7, 11) is 0. The summed E-state index contributed by atoms with van der Waals surface area (Å²) in [6, 6.07) is 0. The molecular weight excluding hydrogens is 300 g/mol. The lowest BCUT2D eigenvalue weighted by molar-refractivity contribution is 0.00668. The van der Waals surface area contributed by atoms with E-state index in [4.69, 9.17) is 4.74 Å². The van der Waals surface area contributed by atoms with Crippen molar-refractivity contribution in [2.75, 3.05) is 26.2 Å². The molecule has 1 unspecified atom stereocenters. The molecule has 4 heteroatoms. The summed E-state index contributed by atoms with van der Waals surface area (Å²) in [5.74, 6) is 0.849. The molecule has 0 bridgehead atoms. The van der Waals surface area contributed by atoms with Crippen LogP contribution in [0, 0.1) is 11.3 Å². The van der Waals surface area contributed by atoms with Gasteiger partial charge in [0.25, 0.3) is 0 Å². The van der Waals surface area contributed by atoms with Crippen molar-refractivity contribution in [2.24, 2.45) is 11.3 Å². The van der Waals surface area contributed by atoms with Crippen LogP contribution in [0.15, 0.2) is 0 Å². The number of nitrogens with zero attached hydrogens (tertiary/aromatic N) is 1. The van der Waals surface area contributed by atoms with Crippen LogP contribution < -0.4 is 5.32 Å². The molecule has 1 heterocycles. The molecule has 2 aliphatic rings. The van der Waals surface area contributed by atoms with E-state index in [1.165, 1.54) is 44.9 Å². The lowest BCUT2D eigenvalue weighted by Crippen LogP contribution is -2.50. The molecule has 1 saturated heterocycles. The maximum Gasteiger partial charge on any atom is 0.410 e. The maximum atomic E-state index is 12.3. The van der Waals surface area contributed by atoms with Crippen molar-refractivity contribution in [2.45, 2.75) is 84.7 Å². The molecule has 0 aromatic heterocycles. The number of piperidine rings is 1. The lowest BCUT2D eigenvalue weighted by atomic mass is 9.81. The summed E-state index contributed by atoms with van der Waals surface area (Å²) in [5.41, 5.74) is -0.247. The molecule has 0 aromatic rings. The smallest absolute Gasteiger partial charge is 0.410 e. The van der Waals surface area contributed by atoms with Gasteiger partial charge in [-0.1, -0.05) is 32.6 Å². The molecule has 1 amide bonds. The first-order valence-corrected chi connectivity index (χ1v) is 9.96. The largest absolute Gasteiger partial charge is 0.444 e. The molecule has 24 heavy (non-hydrogen) atoms. The van der Waals surface area contributed by atoms with Crippen molar-refractivity contribution in [3.63, 3.8) is 0 Å². The van der Waals surface area contributed by atoms with E-state index < -0.39 is 5.60 Å². The fourth-order valence-corrected chi connectivity index (χ4v) is 4.09. The van der Waals surface area contributed by atoms with E-state index in [2.05, 4.69) is 12.2 Å². The highest BCUT2D eigenvalue weighted by Gasteiger charge is 2.34. The van der Waals surface area contributed by atoms with Gasteiger partial charge < -0.3 is 15.0 Å². The van der Waals surface area contributed by atoms with Gasteiger partial charge in [0, 0.05) is 19.6 Å². The molecule has 1 aliphatic heterocycles. The van der Waals surface area contributed by atoms with E-state index in [9.17, 15) is 4.79 Å². The quantitative estimate of drug-likeness (QED) is 0.763. The standard InChI is InChI=1S/C20H38N2O2/c1-19(2,3)24-18(23)22-13-9-12-20(4,16-22)15-21-14-17-10-7-5-6-8-11-17/h17,21H,5-16H2,1-4H3. The minimum absolute atomic E-state index is 0.155. The van der Waals surface area contributed by atoms with Gasteiger partial charge in [0.1, 0.15) is 5.60 Å². The second kappa shape index (κ2) is 8.55. The van der Waals surface area contributed by atoms with Gasteiger partial charge in [-0.05, 0) is 64.3 Å². The average molecular weight is 339 g/mol. The summed E-state index contributed by atoms with van der Waals surface area (Å²) < 4.78 is 5.55. The summed E-state index contributed by atoms with van der Waals surface area (Å²) >= 11 is 0. The summed E-state index contributed by atoms with van der Waals surface area (Å²) in [6.45, 7) is 11.9. The summed E-state index contributed by atoms with van der Waals surface area (Å²) in [6.07, 6.45) is 10.5. The van der Waals surface area contributed by atoms with Crippen LogP contribution in [0.5, 0.6) is 0 Å². The van der Waals surface area contributed by atoms with E-state index >= 15 is 0 Å². The van der Waals surface area contributed by atoms with E-state index in [0.29, 0.717) is 0 Å². The minimum atomic E-state index is -0.414. The van der Waals surface area contributed by atoms with Crippen LogP contribution in [0.2, 0.25) is 0 Å². The van der Waals surface area contributed by atoms with Crippen LogP contribution in [0.1, 0.15) is 79.1 Å². The number of carbonyl (C=O) groups is 1. The molecular formula is C20H38N2O2. The zero-order chi connectivity index (χ0) is 17.6. The number of rotatable bonds is 4. The Bertz CT molecular complexity index is 397. The van der Waals surface area contributed by atoms with E-state index in [1.807, 2.05) is 25.7 Å². The fraction of sp³-hybridized carbons (Fsp3) is 0.950. The number of hydrogen-bond acceptors (Lipinski definition) is 3. The second-order valence-corrected chi connectivity index (χ2v) is 9.30. The normalized spacial score (nSPS) is 26.9. The molecule has 2 rings (SSSR count). The Morgan fingerprint density at radius 1 is 1.17 bits per heavy atom. The van der Waals surface area contributed by atoms with E-state index in [-0.39, 0.29) is 11.5 Å². The van der Waals surface area contributed by atoms with Gasteiger partial charge in [0.2, 0.25) is 0 Å². The summed E-state index contributed by atoms with van der Waals surface area (Å²) in [4.78, 5) is 14.2. The van der Waals surface area contributed by atoms with Gasteiger partial charge in [0.15, 0.2) is 0 Å². The number of amides is 1. The van der Waals surface area contributed by atoms with Crippen molar-refractivity contribution >= 4 is 6.09 Å². The highest BCUT2D eigenvalue weighted by Crippen LogP contribution is 2.30. The molecule has 1 atom stereocenters. The molecule has 4 nitrogen and oxygen atoms in total. The maximum absolute atomic E-state index is 12.3. The monoisotopic (exact) mass is 338 g/mol. The number of carbonyl (C=O) groups excluding carboxylic acids is 1. The number of ether oxygens (including phenoxy) is 1. The van der Waals surface area contributed by atoms with Gasteiger partial charge in [-0.2, -0.15) is 0 Å². The van der Waals surface area contributed by atoms with Crippen LogP contribution in [0.3, 0.4) is 0 Å². The van der Waals surface area contributed by atoms with Crippen LogP contribution >= 0.6 is 0 Å². The summed E-state index contributed by atoms with van der Waals surface area (Å²) in [5, 5.41) is 3.72. The topological polar surface area (TPSA) is 41.6 Å². The van der Waals surface area contributed by atoms with Crippen molar-refractivity contribution in [3.05, 3.63) is 0 Å². The number of hydrogen-bond donors (Lipinski definition) is 1. The molecule has 140 valence electrons. The fourth-order valence-electron chi connectivity index (χ4n) is 4.09. The third-order valence-corrected chi connectivity index (χ3v) is 5.39. The van der Waals surface area contributed by atoms with Crippen molar-refractivity contribution in [1.29, 1.82) is 0 Å². The Balaban J connectivity index is 1.77. The van der Waals surface area contributed by atoms with Crippen LogP contribution in [-0.2, 0) is 4.74 Å². The first kappa shape index (κ1) is 19.6. The van der Waals surface area contributed by atoms with E-state index in [0.717, 1.165) is 38.5 Å². The SMILES string of the molecule is CC1(CNCC2CCCCCC2)CCCN(C(=O)OC(C)(C)C)C1. The molecule has 0 spiro atoms. The molecule has 1 aliphatic carbocycles. The van der Waals surface area contributed by atoms with Crippen molar-refractivity contribution in [1.82, 2.24) is 10.2 Å². The molecule has 0 radical (unpaired) electrons. The Kier molecular flexibility index (Phi) is 6.97. The predicted octanol–water partition coefficient (Wildman–Crippen LogP) is 4.58. The van der Waals surface area contributed by atoms with Crippen molar-refractivity contribution < 1.29 is 9.53 Å². The molecule has 1 saturated carbocycles. The van der Waals surface area contributed by atoms with Gasteiger partial charge in [-0.15, -0.1) is 0 Å². The Hall–Kier alpha value is -0.770. The van der Waals surface area contributed by atoms with Crippen LogP contribution in [-0.4, -0.2) is 42.8 Å². The Labute approximate surface area is 148 Å². The average Bonchev–Trinajstić information content (AvgIpc) is 2.74. The third kappa shape index (κ3) is 6.62. The lowest BCUT2D eigenvalue weighted by Gasteiger charge is -2.41. The van der Waals surface area contributed by atoms with Crippen molar-refractivity contribution in [3.8, 4) is 0 Å². The highest BCUT2D eigenvalue weighted by molar-refractivity contribution is 5.68. The van der Waals surface area contributed by atoms with Gasteiger partial charge in [-0.3, -0.25) is 0 Å². The first-order valence-electron chi connectivity index (χ1n) is 9.96. The Morgan fingerprint density at radius 2 is 1.83 bits per heavy atom.